The zero-order valence-corrected chi connectivity index (χ0v) is 15.9. The lowest BCUT2D eigenvalue weighted by atomic mass is 10.0. The highest BCUT2D eigenvalue weighted by molar-refractivity contribution is 5.99. The number of primary amides is 2. The monoisotopic (exact) mass is 396 g/mol. The fraction of sp³-hybridized carbons (Fsp3) is 0.200. The second-order valence-electron chi connectivity index (χ2n) is 6.88. The number of halogens is 1. The summed E-state index contributed by atoms with van der Waals surface area (Å²) in [5.74, 6) is -2.66. The summed E-state index contributed by atoms with van der Waals surface area (Å²) < 4.78 is 14.5. The highest BCUT2D eigenvalue weighted by atomic mass is 19.1. The van der Waals surface area contributed by atoms with E-state index < -0.39 is 23.7 Å². The van der Waals surface area contributed by atoms with Gasteiger partial charge in [-0.3, -0.25) is 14.6 Å². The van der Waals surface area contributed by atoms with Crippen molar-refractivity contribution in [1.82, 2.24) is 9.97 Å². The Balaban J connectivity index is 2.01. The summed E-state index contributed by atoms with van der Waals surface area (Å²) in [5, 5.41) is 6.56. The number of hydrogen-bond donors (Lipinski definition) is 4. The van der Waals surface area contributed by atoms with E-state index in [9.17, 15) is 14.0 Å². The molecule has 0 fully saturated rings. The van der Waals surface area contributed by atoms with Crippen molar-refractivity contribution in [1.29, 1.82) is 0 Å². The number of hydrogen-bond acceptors (Lipinski definition) is 6. The first-order chi connectivity index (χ1) is 13.8. The number of benzene rings is 1. The third kappa shape index (κ3) is 4.40. The molecule has 0 spiro atoms. The van der Waals surface area contributed by atoms with Crippen LogP contribution in [0.25, 0.3) is 10.9 Å². The van der Waals surface area contributed by atoms with Crippen molar-refractivity contribution in [3.8, 4) is 0 Å². The first-order valence-corrected chi connectivity index (χ1v) is 8.94. The second-order valence-corrected chi connectivity index (χ2v) is 6.88. The number of nitrogens with one attached hydrogen (secondary N) is 2. The van der Waals surface area contributed by atoms with Crippen LogP contribution in [0.5, 0.6) is 0 Å². The number of rotatable bonds is 7. The number of carbonyl (C=O) groups is 2. The lowest BCUT2D eigenvalue weighted by Gasteiger charge is -2.21. The molecule has 8 nitrogen and oxygen atoms in total. The maximum atomic E-state index is 14.5. The summed E-state index contributed by atoms with van der Waals surface area (Å²) in [6.07, 6.45) is 1.68. The topological polar surface area (TPSA) is 136 Å². The van der Waals surface area contributed by atoms with E-state index >= 15 is 0 Å². The van der Waals surface area contributed by atoms with E-state index in [0.29, 0.717) is 5.69 Å². The molecule has 0 aliphatic heterocycles. The van der Waals surface area contributed by atoms with Crippen molar-refractivity contribution in [2.75, 3.05) is 10.6 Å². The van der Waals surface area contributed by atoms with Gasteiger partial charge >= 0.3 is 0 Å². The van der Waals surface area contributed by atoms with Crippen LogP contribution in [0, 0.1) is 11.7 Å². The quantitative estimate of drug-likeness (QED) is 0.484. The molecule has 29 heavy (non-hydrogen) atoms. The molecule has 0 saturated carbocycles. The fourth-order valence-electron chi connectivity index (χ4n) is 2.88. The summed E-state index contributed by atoms with van der Waals surface area (Å²) in [4.78, 5) is 31.8. The summed E-state index contributed by atoms with van der Waals surface area (Å²) in [6, 6.07) is 9.18. The van der Waals surface area contributed by atoms with Crippen molar-refractivity contribution in [2.45, 2.75) is 19.9 Å². The molecule has 0 saturated heterocycles. The van der Waals surface area contributed by atoms with Gasteiger partial charge in [0.2, 0.25) is 5.91 Å². The largest absolute Gasteiger partial charge is 0.368 e. The van der Waals surface area contributed by atoms with Crippen molar-refractivity contribution in [3.63, 3.8) is 0 Å². The van der Waals surface area contributed by atoms with Crippen LogP contribution in [-0.2, 0) is 4.79 Å². The van der Waals surface area contributed by atoms with E-state index in [0.717, 1.165) is 17.0 Å². The van der Waals surface area contributed by atoms with E-state index in [1.807, 2.05) is 12.1 Å². The van der Waals surface area contributed by atoms with Gasteiger partial charge in [-0.2, -0.15) is 0 Å². The van der Waals surface area contributed by atoms with Crippen molar-refractivity contribution >= 4 is 40.0 Å². The molecule has 3 rings (SSSR count). The summed E-state index contributed by atoms with van der Waals surface area (Å²) in [6.45, 7) is 3.53. The van der Waals surface area contributed by atoms with E-state index in [2.05, 4.69) is 20.6 Å². The molecular formula is C20H21FN6O2. The summed E-state index contributed by atoms with van der Waals surface area (Å²) in [5.41, 5.74) is 12.0. The molecule has 2 heterocycles. The maximum absolute atomic E-state index is 14.5. The van der Waals surface area contributed by atoms with Crippen molar-refractivity contribution in [2.24, 2.45) is 17.4 Å². The number of pyridine rings is 2. The predicted octanol–water partition coefficient (Wildman–Crippen LogP) is 2.53. The van der Waals surface area contributed by atoms with Gasteiger partial charge in [-0.1, -0.05) is 19.9 Å². The van der Waals surface area contributed by atoms with Gasteiger partial charge < -0.3 is 22.1 Å². The third-order valence-electron chi connectivity index (χ3n) is 4.37. The molecule has 1 aromatic carbocycles. The zero-order valence-electron chi connectivity index (χ0n) is 15.9. The first-order valence-electron chi connectivity index (χ1n) is 8.94. The Morgan fingerprint density at radius 2 is 1.86 bits per heavy atom. The van der Waals surface area contributed by atoms with Crippen molar-refractivity contribution < 1.29 is 14.0 Å². The maximum Gasteiger partial charge on any atom is 0.252 e. The molecule has 0 unspecified atom stereocenters. The van der Waals surface area contributed by atoms with Gasteiger partial charge in [-0.05, 0) is 36.2 Å². The minimum absolute atomic E-state index is 0.0524. The smallest absolute Gasteiger partial charge is 0.252 e. The lowest BCUT2D eigenvalue weighted by molar-refractivity contribution is -0.119. The van der Waals surface area contributed by atoms with Crippen LogP contribution in [0.15, 0.2) is 42.6 Å². The standard InChI is InChI=1S/C20H21FN6O2/c1-10(2)16(18(23)29)26-20-14(21)9-13(17(22)28)19(27-20)25-12-5-6-15-11(8-12)4-3-7-24-15/h3-10,16H,1-2H3,(H2,22,28)(H2,23,29)(H2,25,26,27)/t16-/m1/s1. The Morgan fingerprint density at radius 1 is 1.10 bits per heavy atom. The number of amides is 2. The van der Waals surface area contributed by atoms with E-state index in [4.69, 9.17) is 11.5 Å². The number of fused-ring (bicyclic) bond motifs is 1. The molecule has 0 bridgehead atoms. The van der Waals surface area contributed by atoms with Crippen LogP contribution in [0.3, 0.4) is 0 Å². The highest BCUT2D eigenvalue weighted by Crippen LogP contribution is 2.26. The van der Waals surface area contributed by atoms with Gasteiger partial charge in [-0.15, -0.1) is 0 Å². The second kappa shape index (κ2) is 8.09. The highest BCUT2D eigenvalue weighted by Gasteiger charge is 2.23. The Hall–Kier alpha value is -3.75. The van der Waals surface area contributed by atoms with Crippen LogP contribution in [-0.4, -0.2) is 27.8 Å². The molecule has 150 valence electrons. The molecular weight excluding hydrogens is 375 g/mol. The first kappa shape index (κ1) is 20.0. The number of carbonyl (C=O) groups excluding carboxylic acids is 2. The average Bonchev–Trinajstić information content (AvgIpc) is 2.67. The predicted molar refractivity (Wildman–Crippen MR) is 109 cm³/mol. The molecule has 1 atom stereocenters. The van der Waals surface area contributed by atoms with Crippen LogP contribution < -0.4 is 22.1 Å². The van der Waals surface area contributed by atoms with Gasteiger partial charge in [0.05, 0.1) is 11.1 Å². The Kier molecular flexibility index (Phi) is 5.58. The normalized spacial score (nSPS) is 12.0. The van der Waals surface area contributed by atoms with Crippen LogP contribution in [0.2, 0.25) is 0 Å². The Morgan fingerprint density at radius 3 is 2.52 bits per heavy atom. The third-order valence-corrected chi connectivity index (χ3v) is 4.37. The molecule has 2 amide bonds. The molecule has 2 aromatic heterocycles. The zero-order chi connectivity index (χ0) is 21.1. The van der Waals surface area contributed by atoms with Gasteiger partial charge in [-0.25, -0.2) is 9.37 Å². The van der Waals surface area contributed by atoms with E-state index in [-0.39, 0.29) is 23.1 Å². The SMILES string of the molecule is CC(C)[C@@H](Nc1nc(Nc2ccc3ncccc3c2)c(C(N)=O)cc1F)C(N)=O. The van der Waals surface area contributed by atoms with E-state index in [1.165, 1.54) is 0 Å². The van der Waals surface area contributed by atoms with Gasteiger partial charge in [0.1, 0.15) is 11.9 Å². The fourth-order valence-corrected chi connectivity index (χ4v) is 2.88. The molecule has 6 N–H and O–H groups in total. The number of nitrogens with two attached hydrogens (primary N) is 2. The van der Waals surface area contributed by atoms with Crippen molar-refractivity contribution in [3.05, 3.63) is 54.0 Å². The Labute approximate surface area is 166 Å². The minimum Gasteiger partial charge on any atom is -0.368 e. The molecule has 9 heteroatoms. The molecule has 0 aliphatic rings. The van der Waals surface area contributed by atoms with Crippen LogP contribution in [0.4, 0.5) is 21.7 Å². The molecule has 0 radical (unpaired) electrons. The molecule has 3 aromatic rings. The average molecular weight is 396 g/mol. The lowest BCUT2D eigenvalue weighted by Crippen LogP contribution is -2.40. The minimum atomic E-state index is -0.844. The summed E-state index contributed by atoms with van der Waals surface area (Å²) in [7, 11) is 0. The summed E-state index contributed by atoms with van der Waals surface area (Å²) >= 11 is 0. The van der Waals surface area contributed by atoms with E-state index in [1.54, 1.807) is 38.2 Å². The van der Waals surface area contributed by atoms with Gasteiger partial charge in [0, 0.05) is 17.3 Å². The van der Waals surface area contributed by atoms with Crippen LogP contribution >= 0.6 is 0 Å². The van der Waals surface area contributed by atoms with Crippen LogP contribution in [0.1, 0.15) is 24.2 Å². The van der Waals surface area contributed by atoms with Gasteiger partial charge in [0.25, 0.3) is 5.91 Å². The number of aromatic nitrogens is 2. The van der Waals surface area contributed by atoms with Gasteiger partial charge in [0.15, 0.2) is 11.6 Å². The number of anilines is 3. The Bertz CT molecular complexity index is 1090. The number of nitrogens with zero attached hydrogens (tertiary/aromatic N) is 2. The molecule has 0 aliphatic carbocycles.